The van der Waals surface area contributed by atoms with Gasteiger partial charge in [0.15, 0.2) is 11.2 Å². The highest BCUT2D eigenvalue weighted by molar-refractivity contribution is 6.31. The molecule has 25 heavy (non-hydrogen) atoms. The van der Waals surface area contributed by atoms with Gasteiger partial charge in [-0.15, -0.1) is 5.10 Å². The molecule has 3 aromatic rings. The van der Waals surface area contributed by atoms with Gasteiger partial charge in [-0.2, -0.15) is 4.68 Å². The molecule has 1 N–H and O–H groups in total. The minimum Gasteiger partial charge on any atom is -0.334 e. The van der Waals surface area contributed by atoms with Gasteiger partial charge in [0.25, 0.3) is 5.56 Å². The van der Waals surface area contributed by atoms with Gasteiger partial charge in [-0.05, 0) is 38.5 Å². The fraction of sp³-hybridized carbons (Fsp3) is 0.412. The van der Waals surface area contributed by atoms with Crippen LogP contribution in [0.25, 0.3) is 16.9 Å². The third-order valence-electron chi connectivity index (χ3n) is 4.54. The first-order valence-corrected chi connectivity index (χ1v) is 8.83. The number of quaternary nitrogens is 1. The highest BCUT2D eigenvalue weighted by Crippen LogP contribution is 2.20. The molecule has 0 aliphatic carbocycles. The Hall–Kier alpha value is -2.25. The van der Waals surface area contributed by atoms with Crippen molar-refractivity contribution in [2.45, 2.75) is 27.3 Å². The molecule has 0 saturated carbocycles. The maximum atomic E-state index is 12.7. The van der Waals surface area contributed by atoms with E-state index >= 15 is 0 Å². The second-order valence-electron chi connectivity index (χ2n) is 6.06. The first-order valence-electron chi connectivity index (χ1n) is 8.46. The van der Waals surface area contributed by atoms with Gasteiger partial charge in [0.05, 0.1) is 31.9 Å². The lowest BCUT2D eigenvalue weighted by atomic mass is 10.2. The number of rotatable bonds is 6. The summed E-state index contributed by atoms with van der Waals surface area (Å²) in [4.78, 5) is 18.5. The Labute approximate surface area is 150 Å². The van der Waals surface area contributed by atoms with Crippen LogP contribution in [0.2, 0.25) is 5.02 Å². The molecular formula is C17H22ClN6O+. The van der Waals surface area contributed by atoms with Gasteiger partial charge in [0.2, 0.25) is 0 Å². The quantitative estimate of drug-likeness (QED) is 0.707. The highest BCUT2D eigenvalue weighted by Gasteiger charge is 2.14. The molecule has 0 aliphatic heterocycles. The fourth-order valence-corrected chi connectivity index (χ4v) is 2.95. The average Bonchev–Trinajstić information content (AvgIpc) is 3.05. The number of nitrogens with zero attached hydrogens (tertiary/aromatic N) is 5. The lowest BCUT2D eigenvalue weighted by Crippen LogP contribution is -3.11. The van der Waals surface area contributed by atoms with E-state index in [1.54, 1.807) is 21.6 Å². The zero-order valence-corrected chi connectivity index (χ0v) is 15.4. The normalized spacial score (nSPS) is 11.6. The number of benzene rings is 1. The molecule has 0 aliphatic rings. The first kappa shape index (κ1) is 17.6. The van der Waals surface area contributed by atoms with Crippen molar-refractivity contribution in [2.24, 2.45) is 0 Å². The molecule has 0 amide bonds. The number of aryl methyl sites for hydroxylation is 1. The second kappa shape index (κ2) is 7.33. The van der Waals surface area contributed by atoms with Crippen LogP contribution in [-0.2, 0) is 6.54 Å². The average molecular weight is 362 g/mol. The van der Waals surface area contributed by atoms with Crippen LogP contribution in [0.3, 0.4) is 0 Å². The van der Waals surface area contributed by atoms with E-state index in [2.05, 4.69) is 29.1 Å². The predicted octanol–water partition coefficient (Wildman–Crippen LogP) is 0.864. The number of hydrogen-bond acceptors (Lipinski definition) is 4. The minimum atomic E-state index is -0.166. The largest absolute Gasteiger partial charge is 0.334 e. The van der Waals surface area contributed by atoms with Gasteiger partial charge < -0.3 is 4.90 Å². The maximum absolute atomic E-state index is 12.7. The molecule has 8 heteroatoms. The van der Waals surface area contributed by atoms with E-state index in [1.165, 1.54) is 4.90 Å². The Bertz CT molecular complexity index is 944. The Balaban J connectivity index is 1.96. The summed E-state index contributed by atoms with van der Waals surface area (Å²) in [5.74, 6) is 0. The van der Waals surface area contributed by atoms with Gasteiger partial charge >= 0.3 is 0 Å². The number of likely N-dealkylation sites (N-methyl/N-ethyl adjacent to an activating group) is 1. The predicted molar refractivity (Wildman–Crippen MR) is 97.6 cm³/mol. The smallest absolute Gasteiger partial charge is 0.283 e. The number of nitrogens with one attached hydrogen (secondary N) is 1. The van der Waals surface area contributed by atoms with E-state index in [-0.39, 0.29) is 11.1 Å². The van der Waals surface area contributed by atoms with Gasteiger partial charge in [0.1, 0.15) is 6.33 Å². The summed E-state index contributed by atoms with van der Waals surface area (Å²) >= 11 is 6.19. The lowest BCUT2D eigenvalue weighted by molar-refractivity contribution is -0.897. The van der Waals surface area contributed by atoms with Crippen molar-refractivity contribution in [3.8, 4) is 5.69 Å². The summed E-state index contributed by atoms with van der Waals surface area (Å²) in [6, 6.07) is 5.58. The summed E-state index contributed by atoms with van der Waals surface area (Å²) in [7, 11) is 0. The molecule has 0 spiro atoms. The Morgan fingerprint density at radius 3 is 2.68 bits per heavy atom. The molecule has 0 fully saturated rings. The van der Waals surface area contributed by atoms with E-state index in [1.807, 2.05) is 19.1 Å². The summed E-state index contributed by atoms with van der Waals surface area (Å²) in [6.07, 6.45) is 1.57. The van der Waals surface area contributed by atoms with E-state index < -0.39 is 0 Å². The third kappa shape index (κ3) is 3.43. The molecular weight excluding hydrogens is 340 g/mol. The Kier molecular flexibility index (Phi) is 5.15. The standard InChI is InChI=1S/C17H21ClN6O/c1-4-22(5-2)8-9-23-11-19-16-15(17(23)25)20-21-24(16)13-7-6-12(3)14(18)10-13/h6-7,10-11H,4-5,8-9H2,1-3H3/p+1. The maximum Gasteiger partial charge on any atom is 0.283 e. The number of aromatic nitrogens is 5. The van der Waals surface area contributed by atoms with Crippen LogP contribution in [0.4, 0.5) is 0 Å². The van der Waals surface area contributed by atoms with Crippen LogP contribution in [0, 0.1) is 6.92 Å². The van der Waals surface area contributed by atoms with E-state index in [9.17, 15) is 4.79 Å². The SMILES string of the molecule is CC[NH+](CC)CCn1cnc2c(nnn2-c2ccc(C)c(Cl)c2)c1=O. The molecule has 132 valence electrons. The molecule has 1 aromatic carbocycles. The molecule has 7 nitrogen and oxygen atoms in total. The van der Waals surface area contributed by atoms with Crippen molar-refractivity contribution in [3.05, 3.63) is 45.5 Å². The summed E-state index contributed by atoms with van der Waals surface area (Å²) < 4.78 is 3.15. The second-order valence-corrected chi connectivity index (χ2v) is 6.46. The van der Waals surface area contributed by atoms with Gasteiger partial charge in [-0.3, -0.25) is 9.36 Å². The van der Waals surface area contributed by atoms with Crippen LogP contribution in [0.15, 0.2) is 29.3 Å². The topological polar surface area (TPSA) is 70.0 Å². The van der Waals surface area contributed by atoms with Crippen LogP contribution < -0.4 is 10.5 Å². The molecule has 0 atom stereocenters. The van der Waals surface area contributed by atoms with Crippen molar-refractivity contribution in [2.75, 3.05) is 19.6 Å². The van der Waals surface area contributed by atoms with E-state index in [4.69, 9.17) is 11.6 Å². The van der Waals surface area contributed by atoms with Crippen LogP contribution in [0.1, 0.15) is 19.4 Å². The van der Waals surface area contributed by atoms with Gasteiger partial charge in [-0.25, -0.2) is 4.98 Å². The summed E-state index contributed by atoms with van der Waals surface area (Å²) in [5.41, 5.74) is 2.26. The zero-order valence-electron chi connectivity index (χ0n) is 14.7. The molecule has 0 unspecified atom stereocenters. The molecule has 2 heterocycles. The Morgan fingerprint density at radius 1 is 1.24 bits per heavy atom. The molecule has 0 saturated heterocycles. The summed E-state index contributed by atoms with van der Waals surface area (Å²) in [6.45, 7) is 9.77. The monoisotopic (exact) mass is 361 g/mol. The fourth-order valence-electron chi connectivity index (χ4n) is 2.77. The van der Waals surface area contributed by atoms with Gasteiger partial charge in [-0.1, -0.05) is 22.9 Å². The van der Waals surface area contributed by atoms with Crippen molar-refractivity contribution in [1.82, 2.24) is 24.5 Å². The van der Waals surface area contributed by atoms with Crippen molar-refractivity contribution >= 4 is 22.8 Å². The van der Waals surface area contributed by atoms with Crippen molar-refractivity contribution in [1.29, 1.82) is 0 Å². The molecule has 0 radical (unpaired) electrons. The van der Waals surface area contributed by atoms with Crippen LogP contribution >= 0.6 is 11.6 Å². The highest BCUT2D eigenvalue weighted by atomic mass is 35.5. The van der Waals surface area contributed by atoms with Crippen molar-refractivity contribution < 1.29 is 4.90 Å². The van der Waals surface area contributed by atoms with E-state index in [0.717, 1.165) is 30.9 Å². The lowest BCUT2D eigenvalue weighted by Gasteiger charge is -2.15. The third-order valence-corrected chi connectivity index (χ3v) is 4.94. The number of fused-ring (bicyclic) bond motifs is 1. The Morgan fingerprint density at radius 2 is 2.00 bits per heavy atom. The molecule has 0 bridgehead atoms. The van der Waals surface area contributed by atoms with Crippen LogP contribution in [0.5, 0.6) is 0 Å². The van der Waals surface area contributed by atoms with Gasteiger partial charge in [0, 0.05) is 5.02 Å². The minimum absolute atomic E-state index is 0.166. The summed E-state index contributed by atoms with van der Waals surface area (Å²) in [5, 5.41) is 8.77. The first-order chi connectivity index (χ1) is 12.0. The molecule has 2 aromatic heterocycles. The number of halogens is 1. The zero-order chi connectivity index (χ0) is 18.0. The van der Waals surface area contributed by atoms with Crippen molar-refractivity contribution in [3.63, 3.8) is 0 Å². The van der Waals surface area contributed by atoms with E-state index in [0.29, 0.717) is 17.2 Å². The number of hydrogen-bond donors (Lipinski definition) is 1. The molecule has 3 rings (SSSR count). The van der Waals surface area contributed by atoms with Crippen LogP contribution in [-0.4, -0.2) is 44.2 Å².